The third-order valence-corrected chi connectivity index (χ3v) is 5.26. The summed E-state index contributed by atoms with van der Waals surface area (Å²) in [5.74, 6) is 0.109. The third kappa shape index (κ3) is 2.68. The number of benzene rings is 2. The van der Waals surface area contributed by atoms with Gasteiger partial charge < -0.3 is 9.80 Å². The van der Waals surface area contributed by atoms with Crippen LogP contribution in [0.1, 0.15) is 42.1 Å². The van der Waals surface area contributed by atoms with Crippen molar-refractivity contribution in [3.63, 3.8) is 0 Å². The van der Waals surface area contributed by atoms with Gasteiger partial charge >= 0.3 is 0 Å². The lowest BCUT2D eigenvalue weighted by Gasteiger charge is -2.29. The second-order valence-corrected chi connectivity index (χ2v) is 6.95. The molecule has 0 aliphatic carbocycles. The van der Waals surface area contributed by atoms with Crippen molar-refractivity contribution in [3.05, 3.63) is 59.7 Å². The fourth-order valence-electron chi connectivity index (χ4n) is 3.98. The largest absolute Gasteiger partial charge is 0.372 e. The Morgan fingerprint density at radius 3 is 2.42 bits per heavy atom. The molecule has 0 unspecified atom stereocenters. The SMILES string of the molecule is C[C@@H]1Cc2ccccc2N1C(=O)c1ccc(N2CCCCC2)cc1. The highest BCUT2D eigenvalue weighted by Crippen LogP contribution is 2.33. The molecule has 4 rings (SSSR count). The van der Waals surface area contributed by atoms with Gasteiger partial charge in [0.05, 0.1) is 0 Å². The number of nitrogens with zero attached hydrogens (tertiary/aromatic N) is 2. The van der Waals surface area contributed by atoms with Crippen LogP contribution in [0.5, 0.6) is 0 Å². The van der Waals surface area contributed by atoms with Crippen LogP contribution in [-0.4, -0.2) is 25.0 Å². The van der Waals surface area contributed by atoms with Crippen LogP contribution in [0.4, 0.5) is 11.4 Å². The van der Waals surface area contributed by atoms with Crippen LogP contribution < -0.4 is 9.80 Å². The molecule has 2 heterocycles. The zero-order valence-electron chi connectivity index (χ0n) is 14.2. The fourth-order valence-corrected chi connectivity index (χ4v) is 3.98. The van der Waals surface area contributed by atoms with Crippen molar-refractivity contribution in [2.45, 2.75) is 38.6 Å². The number of hydrogen-bond donors (Lipinski definition) is 0. The first-order valence-corrected chi connectivity index (χ1v) is 9.00. The number of anilines is 2. The van der Waals surface area contributed by atoms with Crippen molar-refractivity contribution in [2.24, 2.45) is 0 Å². The predicted octanol–water partition coefficient (Wildman–Crippen LogP) is 4.27. The lowest BCUT2D eigenvalue weighted by Crippen LogP contribution is -2.35. The Morgan fingerprint density at radius 1 is 0.958 bits per heavy atom. The Morgan fingerprint density at radius 2 is 1.67 bits per heavy atom. The zero-order chi connectivity index (χ0) is 16.5. The van der Waals surface area contributed by atoms with E-state index in [9.17, 15) is 4.79 Å². The van der Waals surface area contributed by atoms with Crippen LogP contribution >= 0.6 is 0 Å². The number of hydrogen-bond acceptors (Lipinski definition) is 2. The first-order chi connectivity index (χ1) is 11.7. The Kier molecular flexibility index (Phi) is 4.01. The monoisotopic (exact) mass is 320 g/mol. The predicted molar refractivity (Wildman–Crippen MR) is 98.9 cm³/mol. The molecular formula is C21H24N2O. The smallest absolute Gasteiger partial charge is 0.258 e. The summed E-state index contributed by atoms with van der Waals surface area (Å²) in [4.78, 5) is 17.4. The molecule has 1 atom stereocenters. The van der Waals surface area contributed by atoms with E-state index in [1.807, 2.05) is 29.2 Å². The molecule has 2 aliphatic rings. The highest BCUT2D eigenvalue weighted by atomic mass is 16.2. The van der Waals surface area contributed by atoms with E-state index in [0.717, 1.165) is 30.8 Å². The summed E-state index contributed by atoms with van der Waals surface area (Å²) in [6, 6.07) is 16.6. The van der Waals surface area contributed by atoms with Gasteiger partial charge in [0.2, 0.25) is 0 Å². The molecule has 1 fully saturated rings. The van der Waals surface area contributed by atoms with Crippen molar-refractivity contribution in [1.29, 1.82) is 0 Å². The average molecular weight is 320 g/mol. The summed E-state index contributed by atoms with van der Waals surface area (Å²) >= 11 is 0. The van der Waals surface area contributed by atoms with Gasteiger partial charge in [0.15, 0.2) is 0 Å². The quantitative estimate of drug-likeness (QED) is 0.825. The van der Waals surface area contributed by atoms with Gasteiger partial charge in [-0.2, -0.15) is 0 Å². The lowest BCUT2D eigenvalue weighted by atomic mass is 10.1. The molecule has 3 heteroatoms. The van der Waals surface area contributed by atoms with Gasteiger partial charge in [-0.3, -0.25) is 4.79 Å². The molecule has 24 heavy (non-hydrogen) atoms. The van der Waals surface area contributed by atoms with Crippen molar-refractivity contribution in [1.82, 2.24) is 0 Å². The van der Waals surface area contributed by atoms with Crippen LogP contribution in [0.25, 0.3) is 0 Å². The molecule has 0 bridgehead atoms. The number of para-hydroxylation sites is 1. The molecular weight excluding hydrogens is 296 g/mol. The van der Waals surface area contributed by atoms with E-state index in [1.165, 1.54) is 30.5 Å². The van der Waals surface area contributed by atoms with Gasteiger partial charge in [0.1, 0.15) is 0 Å². The number of carbonyl (C=O) groups excluding carboxylic acids is 1. The molecule has 0 saturated carbocycles. The highest BCUT2D eigenvalue weighted by Gasteiger charge is 2.31. The summed E-state index contributed by atoms with van der Waals surface area (Å²) in [6.07, 6.45) is 4.80. The summed E-state index contributed by atoms with van der Waals surface area (Å²) in [5, 5.41) is 0. The molecule has 2 aromatic rings. The minimum atomic E-state index is 0.109. The molecule has 1 saturated heterocycles. The van der Waals surface area contributed by atoms with Crippen LogP contribution in [0, 0.1) is 0 Å². The Labute approximate surface area is 143 Å². The van der Waals surface area contributed by atoms with Gasteiger partial charge in [-0.25, -0.2) is 0 Å². The van der Waals surface area contributed by atoms with Crippen LogP contribution in [0.3, 0.4) is 0 Å². The summed E-state index contributed by atoms with van der Waals surface area (Å²) in [6.45, 7) is 4.38. The maximum absolute atomic E-state index is 13.0. The second kappa shape index (κ2) is 6.31. The Hall–Kier alpha value is -2.29. The molecule has 2 aliphatic heterocycles. The first kappa shape index (κ1) is 15.3. The summed E-state index contributed by atoms with van der Waals surface area (Å²) in [7, 11) is 0. The number of amides is 1. The topological polar surface area (TPSA) is 23.6 Å². The zero-order valence-corrected chi connectivity index (χ0v) is 14.2. The minimum Gasteiger partial charge on any atom is -0.372 e. The number of piperidine rings is 1. The van der Waals surface area contributed by atoms with E-state index in [1.54, 1.807) is 0 Å². The standard InChI is InChI=1S/C21H24N2O/c1-16-15-18-7-3-4-8-20(18)23(16)21(24)17-9-11-19(12-10-17)22-13-5-2-6-14-22/h3-4,7-12,16H,2,5-6,13-15H2,1H3/t16-/m1/s1. The summed E-state index contributed by atoms with van der Waals surface area (Å²) in [5.41, 5.74) is 4.35. The van der Waals surface area contributed by atoms with Gasteiger partial charge in [-0.1, -0.05) is 18.2 Å². The van der Waals surface area contributed by atoms with Crippen molar-refractivity contribution in [3.8, 4) is 0 Å². The maximum atomic E-state index is 13.0. The average Bonchev–Trinajstić information content (AvgIpc) is 2.98. The molecule has 0 aromatic heterocycles. The van der Waals surface area contributed by atoms with E-state index in [0.29, 0.717) is 0 Å². The van der Waals surface area contributed by atoms with Gasteiger partial charge in [-0.15, -0.1) is 0 Å². The molecule has 0 radical (unpaired) electrons. The third-order valence-electron chi connectivity index (χ3n) is 5.26. The minimum absolute atomic E-state index is 0.109. The van der Waals surface area contributed by atoms with E-state index in [4.69, 9.17) is 0 Å². The first-order valence-electron chi connectivity index (χ1n) is 9.00. The van der Waals surface area contributed by atoms with Gasteiger partial charge in [0, 0.05) is 36.1 Å². The van der Waals surface area contributed by atoms with E-state index < -0.39 is 0 Å². The molecule has 3 nitrogen and oxygen atoms in total. The van der Waals surface area contributed by atoms with Crippen LogP contribution in [0.2, 0.25) is 0 Å². The number of rotatable bonds is 2. The number of fused-ring (bicyclic) bond motifs is 1. The van der Waals surface area contributed by atoms with E-state index in [-0.39, 0.29) is 11.9 Å². The van der Waals surface area contributed by atoms with Crippen molar-refractivity contribution in [2.75, 3.05) is 22.9 Å². The highest BCUT2D eigenvalue weighted by molar-refractivity contribution is 6.07. The maximum Gasteiger partial charge on any atom is 0.258 e. The van der Waals surface area contributed by atoms with Crippen molar-refractivity contribution >= 4 is 17.3 Å². The fraction of sp³-hybridized carbons (Fsp3) is 0.381. The van der Waals surface area contributed by atoms with Gasteiger partial charge in [-0.05, 0) is 68.5 Å². The molecule has 0 N–H and O–H groups in total. The molecule has 2 aromatic carbocycles. The summed E-state index contributed by atoms with van der Waals surface area (Å²) < 4.78 is 0. The number of carbonyl (C=O) groups is 1. The Balaban J connectivity index is 1.56. The van der Waals surface area contributed by atoms with E-state index >= 15 is 0 Å². The molecule has 1 amide bonds. The van der Waals surface area contributed by atoms with Crippen LogP contribution in [-0.2, 0) is 6.42 Å². The molecule has 0 spiro atoms. The van der Waals surface area contributed by atoms with Crippen molar-refractivity contribution < 1.29 is 4.79 Å². The lowest BCUT2D eigenvalue weighted by molar-refractivity contribution is 0.0981. The molecule has 124 valence electrons. The normalized spacial score (nSPS) is 20.1. The van der Waals surface area contributed by atoms with Gasteiger partial charge in [0.25, 0.3) is 5.91 Å². The Bertz CT molecular complexity index is 732. The second-order valence-electron chi connectivity index (χ2n) is 6.95. The van der Waals surface area contributed by atoms with Crippen LogP contribution in [0.15, 0.2) is 48.5 Å². The van der Waals surface area contributed by atoms with E-state index in [2.05, 4.69) is 36.1 Å².